The number of halogens is 1. The van der Waals surface area contributed by atoms with Gasteiger partial charge in [-0.2, -0.15) is 0 Å². The number of aromatic nitrogens is 3. The molecule has 3 N–H and O–H groups in total. The monoisotopic (exact) mass is 586 g/mol. The third kappa shape index (κ3) is 6.90. The van der Waals surface area contributed by atoms with Gasteiger partial charge in [-0.25, -0.2) is 9.37 Å². The van der Waals surface area contributed by atoms with E-state index in [1.165, 1.54) is 16.8 Å². The number of unbranched alkanes of at least 4 members (excludes halogenated alkanes) is 1. The van der Waals surface area contributed by atoms with Crippen molar-refractivity contribution in [3.8, 4) is 11.3 Å². The van der Waals surface area contributed by atoms with Crippen molar-refractivity contribution in [3.63, 3.8) is 0 Å². The SMILES string of the molecule is CCCCc1ncccc1C(=O)Nc1cccc(-c2cn(C)c(=O)c(Nc3ccc(N4CCOC(CO)C4)cc3)n2)c1F. The van der Waals surface area contributed by atoms with E-state index in [0.29, 0.717) is 43.1 Å². The van der Waals surface area contributed by atoms with E-state index in [1.54, 1.807) is 37.5 Å². The number of amides is 1. The summed E-state index contributed by atoms with van der Waals surface area (Å²) in [5, 5.41) is 15.2. The third-order valence-electron chi connectivity index (χ3n) is 7.33. The standard InChI is InChI=1S/C32H35FN6O4/c1-3-4-9-26-25(8-6-15-34-26)31(41)37-27-10-5-7-24(29(27)33)28-19-38(2)32(42)30(36-28)35-21-11-13-22(14-12-21)39-16-17-43-23(18-39)20-40/h5-8,10-15,19,23,40H,3-4,9,16-18,20H2,1-2H3,(H,35,36)(H,37,41). The lowest BCUT2D eigenvalue weighted by molar-refractivity contribution is 0.00357. The van der Waals surface area contributed by atoms with Gasteiger partial charge in [0.15, 0.2) is 11.6 Å². The second-order valence-electron chi connectivity index (χ2n) is 10.4. The van der Waals surface area contributed by atoms with Gasteiger partial charge in [0.05, 0.1) is 42.0 Å². The number of anilines is 4. The summed E-state index contributed by atoms with van der Waals surface area (Å²) in [6, 6.07) is 15.5. The van der Waals surface area contributed by atoms with Crippen molar-refractivity contribution < 1.29 is 19.0 Å². The highest BCUT2D eigenvalue weighted by Gasteiger charge is 2.21. The minimum Gasteiger partial charge on any atom is -0.394 e. The van der Waals surface area contributed by atoms with E-state index in [-0.39, 0.29) is 41.0 Å². The van der Waals surface area contributed by atoms with E-state index in [9.17, 15) is 14.7 Å². The van der Waals surface area contributed by atoms with Gasteiger partial charge in [-0.3, -0.25) is 14.6 Å². The largest absolute Gasteiger partial charge is 0.394 e. The Bertz CT molecular complexity index is 1640. The second kappa shape index (κ2) is 13.6. The Morgan fingerprint density at radius 1 is 1.16 bits per heavy atom. The van der Waals surface area contributed by atoms with Crippen molar-refractivity contribution in [1.82, 2.24) is 14.5 Å². The fraction of sp³-hybridized carbons (Fsp3) is 0.312. The number of aryl methyl sites for hydroxylation is 2. The lowest BCUT2D eigenvalue weighted by Crippen LogP contribution is -2.44. The average Bonchev–Trinajstić information content (AvgIpc) is 3.03. The van der Waals surface area contributed by atoms with Crippen molar-refractivity contribution >= 4 is 28.8 Å². The Hall–Kier alpha value is -4.61. The van der Waals surface area contributed by atoms with Gasteiger partial charge in [0.1, 0.15) is 0 Å². The van der Waals surface area contributed by atoms with Crippen molar-refractivity contribution in [2.45, 2.75) is 32.3 Å². The van der Waals surface area contributed by atoms with Crippen LogP contribution in [-0.2, 0) is 18.2 Å². The molecule has 0 spiro atoms. The number of aliphatic hydroxyl groups excluding tert-OH is 1. The van der Waals surface area contributed by atoms with E-state index in [4.69, 9.17) is 4.74 Å². The summed E-state index contributed by atoms with van der Waals surface area (Å²) in [4.78, 5) is 37.0. The lowest BCUT2D eigenvalue weighted by Gasteiger charge is -2.33. The molecule has 5 rings (SSSR count). The highest BCUT2D eigenvalue weighted by molar-refractivity contribution is 6.05. The van der Waals surface area contributed by atoms with Gasteiger partial charge in [-0.1, -0.05) is 19.4 Å². The Morgan fingerprint density at radius 3 is 2.74 bits per heavy atom. The van der Waals surface area contributed by atoms with E-state index < -0.39 is 11.7 Å². The molecule has 1 atom stereocenters. The Balaban J connectivity index is 1.37. The zero-order valence-corrected chi connectivity index (χ0v) is 24.2. The second-order valence-corrected chi connectivity index (χ2v) is 10.4. The van der Waals surface area contributed by atoms with Gasteiger partial charge < -0.3 is 29.9 Å². The number of aliphatic hydroxyl groups is 1. The van der Waals surface area contributed by atoms with Gasteiger partial charge in [0.2, 0.25) is 0 Å². The number of benzene rings is 2. The van der Waals surface area contributed by atoms with Crippen LogP contribution in [0.1, 0.15) is 35.8 Å². The van der Waals surface area contributed by atoms with Crippen molar-refractivity contribution in [1.29, 1.82) is 0 Å². The van der Waals surface area contributed by atoms with Gasteiger partial charge in [0.25, 0.3) is 11.5 Å². The molecule has 1 aliphatic rings. The maximum absolute atomic E-state index is 15.8. The molecule has 1 unspecified atom stereocenters. The van der Waals surface area contributed by atoms with Crippen LogP contribution < -0.4 is 21.1 Å². The van der Waals surface area contributed by atoms with E-state index >= 15 is 4.39 Å². The van der Waals surface area contributed by atoms with Gasteiger partial charge in [0, 0.05) is 49.5 Å². The first-order valence-electron chi connectivity index (χ1n) is 14.3. The number of hydrogen-bond donors (Lipinski definition) is 3. The first-order chi connectivity index (χ1) is 20.9. The van der Waals surface area contributed by atoms with Gasteiger partial charge in [-0.05, 0) is 61.4 Å². The molecular formula is C32H35FN6O4. The number of rotatable bonds is 10. The smallest absolute Gasteiger partial charge is 0.293 e. The first-order valence-corrected chi connectivity index (χ1v) is 14.3. The molecular weight excluding hydrogens is 551 g/mol. The Morgan fingerprint density at radius 2 is 1.98 bits per heavy atom. The summed E-state index contributed by atoms with van der Waals surface area (Å²) in [6.07, 6.45) is 5.38. The molecule has 43 heavy (non-hydrogen) atoms. The summed E-state index contributed by atoms with van der Waals surface area (Å²) >= 11 is 0. The number of carbonyl (C=O) groups is 1. The number of hydrogen-bond acceptors (Lipinski definition) is 8. The zero-order chi connectivity index (χ0) is 30.3. The summed E-state index contributed by atoms with van der Waals surface area (Å²) in [7, 11) is 1.57. The minimum absolute atomic E-state index is 0.0000884. The van der Waals surface area contributed by atoms with Crippen LogP contribution >= 0.6 is 0 Å². The molecule has 1 aliphatic heterocycles. The number of carbonyl (C=O) groups excluding carboxylic acids is 1. The van der Waals surface area contributed by atoms with Gasteiger partial charge in [-0.15, -0.1) is 0 Å². The number of nitrogens with zero attached hydrogens (tertiary/aromatic N) is 4. The molecule has 0 bridgehead atoms. The summed E-state index contributed by atoms with van der Waals surface area (Å²) < 4.78 is 22.7. The highest BCUT2D eigenvalue weighted by atomic mass is 19.1. The maximum atomic E-state index is 15.8. The molecule has 3 heterocycles. The summed E-state index contributed by atoms with van der Waals surface area (Å²) in [5.41, 5.74) is 2.65. The number of pyridine rings is 1. The van der Waals surface area contributed by atoms with Crippen LogP contribution in [0.2, 0.25) is 0 Å². The molecule has 2 aromatic heterocycles. The predicted octanol–water partition coefficient (Wildman–Crippen LogP) is 4.52. The van der Waals surface area contributed by atoms with Crippen molar-refractivity contribution in [3.05, 3.63) is 94.4 Å². The van der Waals surface area contributed by atoms with E-state index in [0.717, 1.165) is 18.5 Å². The van der Waals surface area contributed by atoms with Crippen LogP contribution in [0.15, 0.2) is 71.8 Å². The molecule has 0 radical (unpaired) electrons. The summed E-state index contributed by atoms with van der Waals surface area (Å²) in [5.74, 6) is -1.08. The molecule has 10 nitrogen and oxygen atoms in total. The maximum Gasteiger partial charge on any atom is 0.293 e. The lowest BCUT2D eigenvalue weighted by atomic mass is 10.1. The number of ether oxygens (including phenoxy) is 1. The minimum atomic E-state index is -0.664. The normalized spacial score (nSPS) is 14.9. The van der Waals surface area contributed by atoms with E-state index in [2.05, 4.69) is 32.4 Å². The Kier molecular flexibility index (Phi) is 9.43. The average molecular weight is 587 g/mol. The molecule has 0 saturated carbocycles. The quantitative estimate of drug-likeness (QED) is 0.248. The molecule has 4 aromatic rings. The molecule has 224 valence electrons. The fourth-order valence-corrected chi connectivity index (χ4v) is 4.98. The van der Waals surface area contributed by atoms with Crippen LogP contribution in [-0.4, -0.2) is 58.0 Å². The number of morpholine rings is 1. The molecule has 1 saturated heterocycles. The first kappa shape index (κ1) is 29.9. The molecule has 1 fully saturated rings. The number of nitrogens with one attached hydrogen (secondary N) is 2. The van der Waals surface area contributed by atoms with Crippen LogP contribution in [0.5, 0.6) is 0 Å². The van der Waals surface area contributed by atoms with Crippen LogP contribution in [0, 0.1) is 5.82 Å². The molecule has 0 aliphatic carbocycles. The highest BCUT2D eigenvalue weighted by Crippen LogP contribution is 2.28. The fourth-order valence-electron chi connectivity index (χ4n) is 4.98. The van der Waals surface area contributed by atoms with Crippen LogP contribution in [0.3, 0.4) is 0 Å². The van der Waals surface area contributed by atoms with Crippen molar-refractivity contribution in [2.75, 3.05) is 41.8 Å². The van der Waals surface area contributed by atoms with Crippen LogP contribution in [0.25, 0.3) is 11.3 Å². The van der Waals surface area contributed by atoms with E-state index in [1.807, 2.05) is 24.3 Å². The third-order valence-corrected chi connectivity index (χ3v) is 7.33. The zero-order valence-electron chi connectivity index (χ0n) is 24.2. The Labute approximate surface area is 249 Å². The topological polar surface area (TPSA) is 122 Å². The predicted molar refractivity (Wildman–Crippen MR) is 164 cm³/mol. The molecule has 1 amide bonds. The molecule has 2 aromatic carbocycles. The van der Waals surface area contributed by atoms with Crippen LogP contribution in [0.4, 0.5) is 27.3 Å². The van der Waals surface area contributed by atoms with Crippen molar-refractivity contribution in [2.24, 2.45) is 7.05 Å². The molecule has 11 heteroatoms. The summed E-state index contributed by atoms with van der Waals surface area (Å²) in [6.45, 7) is 3.85. The van der Waals surface area contributed by atoms with Gasteiger partial charge >= 0.3 is 0 Å².